The van der Waals surface area contributed by atoms with Gasteiger partial charge < -0.3 is 0 Å². The second-order valence-corrected chi connectivity index (χ2v) is 5.31. The van der Waals surface area contributed by atoms with E-state index >= 15 is 0 Å². The van der Waals surface area contributed by atoms with Crippen LogP contribution in [-0.4, -0.2) is 5.78 Å². The molecule has 0 aromatic heterocycles. The molecule has 0 bridgehead atoms. The van der Waals surface area contributed by atoms with Crippen molar-refractivity contribution in [2.24, 2.45) is 5.92 Å². The standard InChI is InChI=1S/C16H28O/c1-2-3-4-5-6-7-11-14-16(17)15-12-9-8-10-13-15/h5-6,15H,2-4,7-14H2,1H3/b6-5-. The van der Waals surface area contributed by atoms with Gasteiger partial charge in [-0.15, -0.1) is 0 Å². The fourth-order valence-electron chi connectivity index (χ4n) is 2.58. The highest BCUT2D eigenvalue weighted by molar-refractivity contribution is 5.80. The Bertz CT molecular complexity index is 224. The van der Waals surface area contributed by atoms with E-state index in [1.54, 1.807) is 0 Å². The van der Waals surface area contributed by atoms with Gasteiger partial charge in [0.05, 0.1) is 0 Å². The van der Waals surface area contributed by atoms with Crippen molar-refractivity contribution in [2.75, 3.05) is 0 Å². The van der Waals surface area contributed by atoms with Gasteiger partial charge in [-0.2, -0.15) is 0 Å². The van der Waals surface area contributed by atoms with Crippen molar-refractivity contribution in [1.29, 1.82) is 0 Å². The maximum atomic E-state index is 11.9. The molecule has 0 aromatic carbocycles. The van der Waals surface area contributed by atoms with Crippen molar-refractivity contribution < 1.29 is 4.79 Å². The van der Waals surface area contributed by atoms with Crippen molar-refractivity contribution >= 4 is 5.78 Å². The molecule has 0 atom stereocenters. The number of carbonyl (C=O) groups excluding carboxylic acids is 1. The lowest BCUT2D eigenvalue weighted by Gasteiger charge is -2.19. The maximum absolute atomic E-state index is 11.9. The van der Waals surface area contributed by atoms with Crippen LogP contribution >= 0.6 is 0 Å². The second-order valence-electron chi connectivity index (χ2n) is 5.31. The second kappa shape index (κ2) is 9.44. The van der Waals surface area contributed by atoms with E-state index < -0.39 is 0 Å². The lowest BCUT2D eigenvalue weighted by Crippen LogP contribution is -2.17. The van der Waals surface area contributed by atoms with Gasteiger partial charge in [-0.25, -0.2) is 0 Å². The zero-order valence-electron chi connectivity index (χ0n) is 11.4. The summed E-state index contributed by atoms with van der Waals surface area (Å²) in [6, 6.07) is 0. The van der Waals surface area contributed by atoms with Gasteiger partial charge in [-0.05, 0) is 32.1 Å². The van der Waals surface area contributed by atoms with Crippen LogP contribution in [0.15, 0.2) is 12.2 Å². The van der Waals surface area contributed by atoms with Gasteiger partial charge >= 0.3 is 0 Å². The zero-order valence-corrected chi connectivity index (χ0v) is 11.4. The van der Waals surface area contributed by atoms with Gasteiger partial charge in [0.1, 0.15) is 5.78 Å². The molecular formula is C16H28O. The van der Waals surface area contributed by atoms with Crippen molar-refractivity contribution in [3.8, 4) is 0 Å². The largest absolute Gasteiger partial charge is 0.299 e. The highest BCUT2D eigenvalue weighted by atomic mass is 16.1. The highest BCUT2D eigenvalue weighted by Gasteiger charge is 2.19. The Morgan fingerprint density at radius 3 is 2.35 bits per heavy atom. The minimum Gasteiger partial charge on any atom is -0.299 e. The summed E-state index contributed by atoms with van der Waals surface area (Å²) in [6.07, 6.45) is 17.4. The predicted octanol–water partition coefficient (Wildman–Crippen LogP) is 5.05. The number of carbonyl (C=O) groups is 1. The first-order chi connectivity index (χ1) is 8.34. The van der Waals surface area contributed by atoms with Crippen molar-refractivity contribution in [3.05, 3.63) is 12.2 Å². The Morgan fingerprint density at radius 1 is 1.06 bits per heavy atom. The number of hydrogen-bond acceptors (Lipinski definition) is 1. The van der Waals surface area contributed by atoms with E-state index in [4.69, 9.17) is 0 Å². The molecule has 0 aliphatic heterocycles. The minimum atomic E-state index is 0.410. The first-order valence-electron chi connectivity index (χ1n) is 7.52. The molecule has 1 nitrogen and oxygen atoms in total. The number of Topliss-reactive ketones (excluding diaryl/α,β-unsaturated/α-hetero) is 1. The lowest BCUT2D eigenvalue weighted by molar-refractivity contribution is -0.123. The van der Waals surface area contributed by atoms with E-state index in [0.29, 0.717) is 11.7 Å². The van der Waals surface area contributed by atoms with E-state index in [1.807, 2.05) is 0 Å². The third kappa shape index (κ3) is 6.65. The van der Waals surface area contributed by atoms with Gasteiger partial charge in [0.2, 0.25) is 0 Å². The summed E-state index contributed by atoms with van der Waals surface area (Å²) < 4.78 is 0. The molecule has 0 heterocycles. The quantitative estimate of drug-likeness (QED) is 0.425. The van der Waals surface area contributed by atoms with E-state index in [-0.39, 0.29) is 0 Å². The van der Waals surface area contributed by atoms with Gasteiger partial charge in [-0.1, -0.05) is 51.2 Å². The average molecular weight is 236 g/mol. The number of allylic oxidation sites excluding steroid dienone is 2. The number of hydrogen-bond donors (Lipinski definition) is 0. The van der Waals surface area contributed by atoms with E-state index in [9.17, 15) is 4.79 Å². The van der Waals surface area contributed by atoms with Crippen LogP contribution in [0.4, 0.5) is 0 Å². The Balaban J connectivity index is 2.01. The monoisotopic (exact) mass is 236 g/mol. The number of rotatable bonds is 8. The Morgan fingerprint density at radius 2 is 1.71 bits per heavy atom. The molecule has 1 heteroatoms. The summed E-state index contributed by atoms with van der Waals surface area (Å²) in [5.41, 5.74) is 0. The third-order valence-electron chi connectivity index (χ3n) is 3.75. The zero-order chi connectivity index (χ0) is 12.3. The minimum absolute atomic E-state index is 0.410. The molecular weight excluding hydrogens is 208 g/mol. The molecule has 1 saturated carbocycles. The summed E-state index contributed by atoms with van der Waals surface area (Å²) in [4.78, 5) is 11.9. The lowest BCUT2D eigenvalue weighted by atomic mass is 9.85. The van der Waals surface area contributed by atoms with Crippen LogP contribution in [0, 0.1) is 5.92 Å². The molecule has 1 aliphatic carbocycles. The number of unbranched alkanes of at least 4 members (excludes halogenated alkanes) is 3. The summed E-state index contributed by atoms with van der Waals surface area (Å²) >= 11 is 0. The van der Waals surface area contributed by atoms with Crippen LogP contribution in [0.2, 0.25) is 0 Å². The molecule has 98 valence electrons. The highest BCUT2D eigenvalue weighted by Crippen LogP contribution is 2.25. The molecule has 0 N–H and O–H groups in total. The van der Waals surface area contributed by atoms with Crippen LogP contribution in [0.3, 0.4) is 0 Å². The van der Waals surface area contributed by atoms with Crippen molar-refractivity contribution in [1.82, 2.24) is 0 Å². The topological polar surface area (TPSA) is 17.1 Å². The van der Waals surface area contributed by atoms with Crippen LogP contribution < -0.4 is 0 Å². The molecule has 0 amide bonds. The van der Waals surface area contributed by atoms with Crippen LogP contribution in [0.5, 0.6) is 0 Å². The third-order valence-corrected chi connectivity index (χ3v) is 3.75. The molecule has 0 spiro atoms. The summed E-state index contributed by atoms with van der Waals surface area (Å²) in [5, 5.41) is 0. The molecule has 1 aliphatic rings. The molecule has 1 rings (SSSR count). The van der Waals surface area contributed by atoms with Crippen LogP contribution in [0.25, 0.3) is 0 Å². The maximum Gasteiger partial charge on any atom is 0.135 e. The van der Waals surface area contributed by atoms with Crippen LogP contribution in [-0.2, 0) is 4.79 Å². The number of ketones is 1. The molecule has 0 unspecified atom stereocenters. The summed E-state index contributed by atoms with van der Waals surface area (Å²) in [6.45, 7) is 2.22. The van der Waals surface area contributed by atoms with Gasteiger partial charge in [0, 0.05) is 12.3 Å². The molecule has 0 aromatic rings. The van der Waals surface area contributed by atoms with Gasteiger partial charge in [0.15, 0.2) is 0 Å². The van der Waals surface area contributed by atoms with E-state index in [0.717, 1.165) is 32.1 Å². The Kier molecular flexibility index (Phi) is 8.04. The fraction of sp³-hybridized carbons (Fsp3) is 0.812. The van der Waals surface area contributed by atoms with Crippen molar-refractivity contribution in [2.45, 2.75) is 77.6 Å². The predicted molar refractivity (Wildman–Crippen MR) is 74.1 cm³/mol. The molecule has 1 fully saturated rings. The molecule has 17 heavy (non-hydrogen) atoms. The smallest absolute Gasteiger partial charge is 0.135 e. The normalized spacial score (nSPS) is 17.7. The first-order valence-corrected chi connectivity index (χ1v) is 7.52. The average Bonchev–Trinajstić information content (AvgIpc) is 2.38. The van der Waals surface area contributed by atoms with E-state index in [1.165, 1.54) is 38.5 Å². The molecule has 0 radical (unpaired) electrons. The summed E-state index contributed by atoms with van der Waals surface area (Å²) in [7, 11) is 0. The van der Waals surface area contributed by atoms with Crippen molar-refractivity contribution in [3.63, 3.8) is 0 Å². The first kappa shape index (κ1) is 14.5. The van der Waals surface area contributed by atoms with Crippen LogP contribution in [0.1, 0.15) is 77.6 Å². The fourth-order valence-corrected chi connectivity index (χ4v) is 2.58. The van der Waals surface area contributed by atoms with E-state index in [2.05, 4.69) is 19.1 Å². The molecule has 0 saturated heterocycles. The van der Waals surface area contributed by atoms with Gasteiger partial charge in [0.25, 0.3) is 0 Å². The Hall–Kier alpha value is -0.590. The van der Waals surface area contributed by atoms with Gasteiger partial charge in [-0.3, -0.25) is 4.79 Å². The summed E-state index contributed by atoms with van der Waals surface area (Å²) in [5.74, 6) is 0.944. The SMILES string of the molecule is CCCC/C=C\CCCC(=O)C1CCCCC1. The Labute approximate surface area is 107 Å².